The van der Waals surface area contributed by atoms with Crippen molar-refractivity contribution in [2.24, 2.45) is 30.7 Å². The molecule has 0 heterocycles. The van der Waals surface area contributed by atoms with Crippen LogP contribution in [0.4, 0.5) is 39.8 Å². The van der Waals surface area contributed by atoms with Crippen LogP contribution in [0.15, 0.2) is 162 Å². The maximum absolute atomic E-state index is 12.2. The second-order valence-corrected chi connectivity index (χ2v) is 15.2. The van der Waals surface area contributed by atoms with E-state index in [9.17, 15) is 46.1 Å². The topological polar surface area (TPSA) is 295 Å². The van der Waals surface area contributed by atoms with Gasteiger partial charge in [-0.25, -0.2) is 16.8 Å². The molecule has 0 bridgehead atoms. The number of carbonyl (C=O) groups excluding carboxylic acids is 1. The van der Waals surface area contributed by atoms with Crippen LogP contribution >= 0.6 is 0 Å². The largest absolute Gasteiger partial charge is 1.00 e. The second-order valence-electron chi connectivity index (χ2n) is 12.5. The Kier molecular flexibility index (Phi) is 16.3. The molecule has 0 radical (unpaired) electrons. The van der Waals surface area contributed by atoms with Gasteiger partial charge in [0, 0.05) is 27.4 Å². The molecule has 0 amide bonds. The van der Waals surface area contributed by atoms with E-state index in [0.717, 1.165) is 35.4 Å². The van der Waals surface area contributed by atoms with Gasteiger partial charge in [0.15, 0.2) is 5.75 Å². The van der Waals surface area contributed by atoms with Crippen molar-refractivity contribution in [1.29, 1.82) is 0 Å². The summed E-state index contributed by atoms with van der Waals surface area (Å²) in [6, 6.07) is 29.1. The number of fused-ring (bicyclic) bond motifs is 2. The molecule has 290 valence electrons. The molecule has 0 saturated carbocycles. The summed E-state index contributed by atoms with van der Waals surface area (Å²) in [4.78, 5) is 9.74. The van der Waals surface area contributed by atoms with Gasteiger partial charge in [-0.2, -0.15) is 15.3 Å². The fraction of sp³-hybridized carbons (Fsp3) is 0. The first kappa shape index (κ1) is 49.2. The molecule has 17 nitrogen and oxygen atoms in total. The third kappa shape index (κ3) is 11.3. The molecule has 22 heteroatoms. The normalized spacial score (nSPS) is 11.8. The molecule has 0 fully saturated rings. The SMILES string of the molecule is Nc1ccc2cc(S(=O)(=O)[O-])c(N=Nc3ccc(N=Nc4ccc(-c5ccc(N=Nc6ccc(O)c(C(=O)[O-])c6)cc5)cc4)c4cc(S(=O)(=O)[O-])ccc34)c(O)c2c1.[Na+].[Na+].[Na+]. The number of benzene rings is 7. The van der Waals surface area contributed by atoms with E-state index in [-0.39, 0.29) is 133 Å². The number of phenols is 2. The Labute approximate surface area is 413 Å². The first-order valence-electron chi connectivity index (χ1n) is 16.6. The van der Waals surface area contributed by atoms with Crippen molar-refractivity contribution in [2.75, 3.05) is 5.73 Å². The Bertz CT molecular complexity index is 3140. The number of rotatable bonds is 10. The Balaban J connectivity index is 0.00000273. The number of anilines is 1. The molecule has 7 aromatic carbocycles. The molecule has 4 N–H and O–H groups in total. The average molecular weight is 884 g/mol. The van der Waals surface area contributed by atoms with E-state index in [1.165, 1.54) is 48.5 Å². The van der Waals surface area contributed by atoms with Crippen LogP contribution in [0.25, 0.3) is 32.7 Å². The van der Waals surface area contributed by atoms with Gasteiger partial charge in [-0.1, -0.05) is 36.4 Å². The van der Waals surface area contributed by atoms with E-state index in [0.29, 0.717) is 11.4 Å². The number of aromatic carboxylic acids is 1. The molecular formula is C39H24N7Na3O10S2. The monoisotopic (exact) mass is 883 g/mol. The van der Waals surface area contributed by atoms with Gasteiger partial charge in [0.05, 0.1) is 44.2 Å². The Morgan fingerprint density at radius 2 is 1.08 bits per heavy atom. The van der Waals surface area contributed by atoms with Crippen LogP contribution in [0, 0.1) is 0 Å². The molecule has 0 spiro atoms. The van der Waals surface area contributed by atoms with Crippen LogP contribution < -0.4 is 99.5 Å². The van der Waals surface area contributed by atoms with Gasteiger partial charge in [0.2, 0.25) is 0 Å². The Hall–Kier alpha value is -4.45. The minimum atomic E-state index is -5.16. The number of nitrogens with zero attached hydrogens (tertiary/aromatic N) is 6. The number of azo groups is 3. The van der Waals surface area contributed by atoms with Crippen molar-refractivity contribution in [3.05, 3.63) is 127 Å². The van der Waals surface area contributed by atoms with E-state index in [1.54, 1.807) is 48.5 Å². The van der Waals surface area contributed by atoms with Crippen LogP contribution in [0.1, 0.15) is 10.4 Å². The summed E-state index contributed by atoms with van der Waals surface area (Å²) in [6.07, 6.45) is 0. The first-order valence-corrected chi connectivity index (χ1v) is 19.4. The van der Waals surface area contributed by atoms with Gasteiger partial charge in [-0.3, -0.25) is 0 Å². The predicted molar refractivity (Wildman–Crippen MR) is 207 cm³/mol. The molecule has 0 aliphatic rings. The predicted octanol–water partition coefficient (Wildman–Crippen LogP) is -0.917. The van der Waals surface area contributed by atoms with E-state index < -0.39 is 58.7 Å². The number of hydrogen-bond acceptors (Lipinski definition) is 17. The number of nitrogen functional groups attached to an aromatic ring is 1. The third-order valence-electron chi connectivity index (χ3n) is 8.66. The number of hydrogen-bond donors (Lipinski definition) is 3. The van der Waals surface area contributed by atoms with Gasteiger partial charge < -0.3 is 35.0 Å². The van der Waals surface area contributed by atoms with Gasteiger partial charge in [0.1, 0.15) is 31.7 Å². The molecule has 0 unspecified atom stereocenters. The molecule has 0 saturated heterocycles. The number of carboxylic acids is 1. The number of carboxylic acid groups (broad SMARTS) is 1. The van der Waals surface area contributed by atoms with Crippen LogP contribution in [0.5, 0.6) is 11.5 Å². The van der Waals surface area contributed by atoms with Crippen molar-refractivity contribution in [3.63, 3.8) is 0 Å². The summed E-state index contributed by atoms with van der Waals surface area (Å²) in [6.45, 7) is 0. The quantitative estimate of drug-likeness (QED) is 0.0654. The smallest absolute Gasteiger partial charge is 0.744 e. The molecule has 0 aromatic heterocycles. The van der Waals surface area contributed by atoms with Gasteiger partial charge in [-0.15, -0.1) is 15.3 Å². The minimum absolute atomic E-state index is 0. The summed E-state index contributed by atoms with van der Waals surface area (Å²) in [7, 11) is -10.1. The van der Waals surface area contributed by atoms with Crippen molar-refractivity contribution >= 4 is 87.6 Å². The van der Waals surface area contributed by atoms with E-state index >= 15 is 0 Å². The van der Waals surface area contributed by atoms with E-state index in [1.807, 2.05) is 0 Å². The zero-order chi connectivity index (χ0) is 41.4. The molecule has 0 atom stereocenters. The number of carbonyl (C=O) groups is 1. The Morgan fingerprint density at radius 3 is 1.66 bits per heavy atom. The molecule has 0 aliphatic carbocycles. The van der Waals surface area contributed by atoms with Crippen LogP contribution in [0.3, 0.4) is 0 Å². The van der Waals surface area contributed by atoms with E-state index in [4.69, 9.17) is 5.73 Å². The number of aromatic hydroxyl groups is 2. The summed E-state index contributed by atoms with van der Waals surface area (Å²) in [5.41, 5.74) is 7.90. The number of phenolic OH excluding ortho intramolecular Hbond substituents is 1. The van der Waals surface area contributed by atoms with Crippen molar-refractivity contribution in [3.8, 4) is 22.6 Å². The van der Waals surface area contributed by atoms with Gasteiger partial charge >= 0.3 is 88.7 Å². The minimum Gasteiger partial charge on any atom is -0.744 e. The zero-order valence-corrected chi connectivity index (χ0v) is 39.9. The molecule has 61 heavy (non-hydrogen) atoms. The van der Waals surface area contributed by atoms with Crippen LogP contribution in [-0.4, -0.2) is 42.1 Å². The molecule has 7 aromatic rings. The van der Waals surface area contributed by atoms with Gasteiger partial charge in [0.25, 0.3) is 0 Å². The molecule has 7 rings (SSSR count). The Morgan fingerprint density at radius 1 is 0.541 bits per heavy atom. The van der Waals surface area contributed by atoms with Crippen molar-refractivity contribution in [1.82, 2.24) is 0 Å². The molecule has 0 aliphatic heterocycles. The fourth-order valence-corrected chi connectivity index (χ4v) is 6.94. The standard InChI is InChI=1S/C39H27N7O10S2.3Na/c40-24-6-1-23-17-36(58(54,55)56)37(38(48)30(23)18-24)46-45-33-14-15-34(31-20-28(57(51,52)53)12-13-29(31)33)44-42-26-9-4-22(5-10-26)21-2-7-25(8-3-21)41-43-27-11-16-35(47)32(19-27)39(49)50;;;/h1-20,47-48H,40H2,(H,49,50)(H,51,52,53)(H,54,55,56);;;/q;3*+1/p-3. The number of nitrogens with two attached hydrogens (primary N) is 1. The third-order valence-corrected chi connectivity index (χ3v) is 10.3. The summed E-state index contributed by atoms with van der Waals surface area (Å²) >= 11 is 0. The maximum Gasteiger partial charge on any atom is 1.00 e. The van der Waals surface area contributed by atoms with Crippen molar-refractivity contribution < 1.29 is 135 Å². The fourth-order valence-electron chi connectivity index (χ4n) is 5.79. The maximum atomic E-state index is 12.2. The zero-order valence-electron chi connectivity index (χ0n) is 32.3. The van der Waals surface area contributed by atoms with Crippen LogP contribution in [0.2, 0.25) is 0 Å². The van der Waals surface area contributed by atoms with Crippen molar-refractivity contribution in [2.45, 2.75) is 9.79 Å². The first-order chi connectivity index (χ1) is 27.5. The second kappa shape index (κ2) is 20.2. The van der Waals surface area contributed by atoms with E-state index in [2.05, 4.69) is 30.7 Å². The summed E-state index contributed by atoms with van der Waals surface area (Å²) in [5.74, 6) is -2.65. The average Bonchev–Trinajstić information content (AvgIpc) is 3.19. The summed E-state index contributed by atoms with van der Waals surface area (Å²) in [5, 5.41) is 57.1. The summed E-state index contributed by atoms with van der Waals surface area (Å²) < 4.78 is 72.4. The van der Waals surface area contributed by atoms with Crippen LogP contribution in [-0.2, 0) is 20.2 Å². The van der Waals surface area contributed by atoms with Gasteiger partial charge in [-0.05, 0) is 101 Å². The molecular weight excluding hydrogens is 860 g/mol.